The van der Waals surface area contributed by atoms with Crippen molar-refractivity contribution < 1.29 is 9.47 Å². The van der Waals surface area contributed by atoms with E-state index < -0.39 is 0 Å². The van der Waals surface area contributed by atoms with E-state index in [-0.39, 0.29) is 0 Å². The summed E-state index contributed by atoms with van der Waals surface area (Å²) in [5, 5.41) is 4.11. The summed E-state index contributed by atoms with van der Waals surface area (Å²) >= 11 is 8.17. The number of benzene rings is 2. The summed E-state index contributed by atoms with van der Waals surface area (Å²) in [6.07, 6.45) is 0.971. The van der Waals surface area contributed by atoms with Gasteiger partial charge in [-0.2, -0.15) is 0 Å². The summed E-state index contributed by atoms with van der Waals surface area (Å²) in [7, 11) is 1.67. The lowest BCUT2D eigenvalue weighted by Gasteiger charge is -2.14. The molecule has 2 rings (SSSR count). The van der Waals surface area contributed by atoms with Crippen LogP contribution in [0, 0.1) is 3.57 Å². The molecule has 0 radical (unpaired) electrons. The van der Waals surface area contributed by atoms with Crippen molar-refractivity contribution in [2.75, 3.05) is 19.0 Å². The van der Waals surface area contributed by atoms with Gasteiger partial charge in [0.25, 0.3) is 0 Å². The standard InChI is InChI=1S/C17H19ClINO2/c1-3-8-22-17-15(19)9-12(10-16(17)21-2)11-20-14-6-4-13(18)5-7-14/h4-7,9-10,20H,3,8,11H2,1-2H3. The van der Waals surface area contributed by atoms with E-state index in [1.165, 1.54) is 0 Å². The van der Waals surface area contributed by atoms with Gasteiger partial charge in [-0.1, -0.05) is 18.5 Å². The summed E-state index contributed by atoms with van der Waals surface area (Å²) in [4.78, 5) is 0. The van der Waals surface area contributed by atoms with Crippen LogP contribution >= 0.6 is 34.2 Å². The molecule has 0 heterocycles. The van der Waals surface area contributed by atoms with Crippen molar-refractivity contribution in [1.82, 2.24) is 0 Å². The van der Waals surface area contributed by atoms with Gasteiger partial charge in [-0.05, 0) is 71.0 Å². The van der Waals surface area contributed by atoms with Crippen LogP contribution in [0.1, 0.15) is 18.9 Å². The number of hydrogen-bond acceptors (Lipinski definition) is 3. The maximum atomic E-state index is 5.89. The Morgan fingerprint density at radius 2 is 1.91 bits per heavy atom. The second-order valence-corrected chi connectivity index (χ2v) is 6.42. The van der Waals surface area contributed by atoms with E-state index in [0.29, 0.717) is 13.2 Å². The lowest BCUT2D eigenvalue weighted by Crippen LogP contribution is -2.04. The number of anilines is 1. The molecule has 22 heavy (non-hydrogen) atoms. The third kappa shape index (κ3) is 4.68. The highest BCUT2D eigenvalue weighted by Crippen LogP contribution is 2.34. The Morgan fingerprint density at radius 1 is 1.18 bits per heavy atom. The summed E-state index contributed by atoms with van der Waals surface area (Å²) < 4.78 is 12.3. The quantitative estimate of drug-likeness (QED) is 0.599. The molecule has 0 amide bonds. The van der Waals surface area contributed by atoms with Gasteiger partial charge in [0, 0.05) is 17.3 Å². The fraction of sp³-hybridized carbons (Fsp3) is 0.294. The molecule has 118 valence electrons. The van der Waals surface area contributed by atoms with Crippen molar-refractivity contribution in [3.05, 3.63) is 50.6 Å². The van der Waals surface area contributed by atoms with Gasteiger partial charge in [-0.15, -0.1) is 0 Å². The fourth-order valence-electron chi connectivity index (χ4n) is 1.99. The number of hydrogen-bond donors (Lipinski definition) is 1. The van der Waals surface area contributed by atoms with E-state index in [0.717, 1.165) is 37.8 Å². The number of methoxy groups -OCH3 is 1. The average molecular weight is 432 g/mol. The van der Waals surface area contributed by atoms with Crippen LogP contribution in [0.5, 0.6) is 11.5 Å². The van der Waals surface area contributed by atoms with Crippen molar-refractivity contribution in [2.45, 2.75) is 19.9 Å². The number of rotatable bonds is 7. The largest absolute Gasteiger partial charge is 0.493 e. The predicted molar refractivity (Wildman–Crippen MR) is 100 cm³/mol. The molecule has 0 aliphatic heterocycles. The van der Waals surface area contributed by atoms with Crippen LogP contribution in [0.3, 0.4) is 0 Å². The molecule has 0 atom stereocenters. The molecular weight excluding hydrogens is 413 g/mol. The normalized spacial score (nSPS) is 10.4. The second kappa shape index (κ2) is 8.48. The zero-order valence-electron chi connectivity index (χ0n) is 12.7. The van der Waals surface area contributed by atoms with Crippen LogP contribution in [0.15, 0.2) is 36.4 Å². The molecule has 0 saturated carbocycles. The van der Waals surface area contributed by atoms with Gasteiger partial charge >= 0.3 is 0 Å². The molecule has 0 aliphatic carbocycles. The Labute approximate surface area is 150 Å². The van der Waals surface area contributed by atoms with Gasteiger partial charge < -0.3 is 14.8 Å². The topological polar surface area (TPSA) is 30.5 Å². The van der Waals surface area contributed by atoms with E-state index in [1.54, 1.807) is 7.11 Å². The van der Waals surface area contributed by atoms with Crippen molar-refractivity contribution in [3.8, 4) is 11.5 Å². The summed E-state index contributed by atoms with van der Waals surface area (Å²) in [5.41, 5.74) is 2.17. The Hall–Kier alpha value is -1.14. The molecule has 0 spiro atoms. The monoisotopic (exact) mass is 431 g/mol. The number of halogens is 2. The number of ether oxygens (including phenoxy) is 2. The smallest absolute Gasteiger partial charge is 0.174 e. The molecule has 1 N–H and O–H groups in total. The lowest BCUT2D eigenvalue weighted by molar-refractivity contribution is 0.292. The van der Waals surface area contributed by atoms with E-state index in [2.05, 4.69) is 40.9 Å². The molecule has 2 aromatic rings. The number of nitrogens with one attached hydrogen (secondary N) is 1. The Balaban J connectivity index is 2.11. The highest BCUT2D eigenvalue weighted by atomic mass is 127. The summed E-state index contributed by atoms with van der Waals surface area (Å²) in [5.74, 6) is 1.59. The van der Waals surface area contributed by atoms with Gasteiger partial charge in [0.2, 0.25) is 0 Å². The van der Waals surface area contributed by atoms with Crippen LogP contribution in [0.25, 0.3) is 0 Å². The van der Waals surface area contributed by atoms with E-state index in [1.807, 2.05) is 30.3 Å². The zero-order valence-corrected chi connectivity index (χ0v) is 15.6. The lowest BCUT2D eigenvalue weighted by atomic mass is 10.2. The van der Waals surface area contributed by atoms with Gasteiger partial charge in [-0.3, -0.25) is 0 Å². The minimum Gasteiger partial charge on any atom is -0.493 e. The third-order valence-corrected chi connectivity index (χ3v) is 4.13. The third-order valence-electron chi connectivity index (χ3n) is 3.08. The van der Waals surface area contributed by atoms with Crippen LogP contribution < -0.4 is 14.8 Å². The molecule has 0 bridgehead atoms. The molecule has 3 nitrogen and oxygen atoms in total. The van der Waals surface area contributed by atoms with Crippen LogP contribution in [0.4, 0.5) is 5.69 Å². The second-order valence-electron chi connectivity index (χ2n) is 4.82. The molecule has 0 saturated heterocycles. The van der Waals surface area contributed by atoms with Crippen molar-refractivity contribution in [1.29, 1.82) is 0 Å². The van der Waals surface area contributed by atoms with Crippen molar-refractivity contribution in [3.63, 3.8) is 0 Å². The van der Waals surface area contributed by atoms with Crippen LogP contribution in [0.2, 0.25) is 5.02 Å². The van der Waals surface area contributed by atoms with E-state index in [4.69, 9.17) is 21.1 Å². The molecule has 0 aliphatic rings. The highest BCUT2D eigenvalue weighted by Gasteiger charge is 2.11. The molecular formula is C17H19ClINO2. The van der Waals surface area contributed by atoms with E-state index in [9.17, 15) is 0 Å². The first kappa shape index (κ1) is 17.2. The SMILES string of the molecule is CCCOc1c(I)cc(CNc2ccc(Cl)cc2)cc1OC. The molecule has 0 unspecified atom stereocenters. The van der Waals surface area contributed by atoms with E-state index >= 15 is 0 Å². The first-order valence-electron chi connectivity index (χ1n) is 7.12. The molecule has 5 heteroatoms. The predicted octanol–water partition coefficient (Wildman–Crippen LogP) is 5.35. The Morgan fingerprint density at radius 3 is 2.55 bits per heavy atom. The Kier molecular flexibility index (Phi) is 6.64. The zero-order chi connectivity index (χ0) is 15.9. The minimum absolute atomic E-state index is 0.689. The van der Waals surface area contributed by atoms with Crippen LogP contribution in [-0.4, -0.2) is 13.7 Å². The maximum absolute atomic E-state index is 5.89. The first-order valence-corrected chi connectivity index (χ1v) is 8.58. The minimum atomic E-state index is 0.689. The first-order chi connectivity index (χ1) is 10.6. The average Bonchev–Trinajstić information content (AvgIpc) is 2.53. The van der Waals surface area contributed by atoms with Crippen molar-refractivity contribution >= 4 is 39.9 Å². The fourth-order valence-corrected chi connectivity index (χ4v) is 2.94. The maximum Gasteiger partial charge on any atom is 0.174 e. The summed E-state index contributed by atoms with van der Waals surface area (Å²) in [6.45, 7) is 3.49. The highest BCUT2D eigenvalue weighted by molar-refractivity contribution is 14.1. The molecule has 2 aromatic carbocycles. The molecule has 0 aromatic heterocycles. The van der Waals surface area contributed by atoms with Gasteiger partial charge in [-0.25, -0.2) is 0 Å². The van der Waals surface area contributed by atoms with Gasteiger partial charge in [0.1, 0.15) is 0 Å². The van der Waals surface area contributed by atoms with Gasteiger partial charge in [0.15, 0.2) is 11.5 Å². The Bertz CT molecular complexity index is 617. The van der Waals surface area contributed by atoms with Gasteiger partial charge in [0.05, 0.1) is 17.3 Å². The van der Waals surface area contributed by atoms with Crippen molar-refractivity contribution in [2.24, 2.45) is 0 Å². The molecule has 0 fully saturated rings. The summed E-state index contributed by atoms with van der Waals surface area (Å²) in [6, 6.07) is 11.8. The van der Waals surface area contributed by atoms with Crippen LogP contribution in [-0.2, 0) is 6.54 Å².